The van der Waals surface area contributed by atoms with Gasteiger partial charge in [0.2, 0.25) is 11.8 Å². The van der Waals surface area contributed by atoms with Crippen molar-refractivity contribution >= 4 is 17.5 Å². The molecule has 1 unspecified atom stereocenters. The summed E-state index contributed by atoms with van der Waals surface area (Å²) in [5, 5.41) is 2.44. The molecule has 1 aromatic carbocycles. The second-order valence-corrected chi connectivity index (χ2v) is 7.94. The first-order chi connectivity index (χ1) is 13.1. The Morgan fingerprint density at radius 2 is 1.63 bits per heavy atom. The predicted molar refractivity (Wildman–Crippen MR) is 105 cm³/mol. The van der Waals surface area contributed by atoms with Crippen molar-refractivity contribution in [3.8, 4) is 0 Å². The van der Waals surface area contributed by atoms with Gasteiger partial charge < -0.3 is 10.6 Å². The summed E-state index contributed by atoms with van der Waals surface area (Å²) in [5.41, 5.74) is 8.04. The Bertz CT molecular complexity index is 678. The number of hydrogen-bond donors (Lipinski definition) is 2. The number of imide groups is 1. The second kappa shape index (κ2) is 7.96. The van der Waals surface area contributed by atoms with Crippen LogP contribution in [0.5, 0.6) is 0 Å². The fourth-order valence-electron chi connectivity index (χ4n) is 4.23. The molecule has 0 spiro atoms. The Morgan fingerprint density at radius 3 is 2.26 bits per heavy atom. The first-order valence-electron chi connectivity index (χ1n) is 9.97. The Balaban J connectivity index is 1.26. The number of piperidine rings is 1. The largest absolute Gasteiger partial charge is 0.369 e. The van der Waals surface area contributed by atoms with E-state index in [1.54, 1.807) is 0 Å². The molecule has 3 N–H and O–H groups in total. The molecule has 0 saturated carbocycles. The molecular weight excluding hydrogens is 342 g/mol. The Labute approximate surface area is 160 Å². The van der Waals surface area contributed by atoms with Gasteiger partial charge >= 0.3 is 0 Å². The third kappa shape index (κ3) is 4.31. The molecule has 1 aromatic rings. The van der Waals surface area contributed by atoms with Gasteiger partial charge in [0.1, 0.15) is 0 Å². The SMILES string of the molecule is NC1CN(CCN2CCN(c3ccc(C4CCC(=O)NC4=O)cc3)CC2)C1. The standard InChI is InChI=1S/C20H29N5O2/c21-16-13-24(14-16)8-7-23-9-11-25(12-10-23)17-3-1-15(2-4-17)18-5-6-19(26)22-20(18)27/h1-4,16,18H,5-14,21H2,(H,22,26,27). The zero-order valence-electron chi connectivity index (χ0n) is 15.8. The van der Waals surface area contributed by atoms with Crippen LogP contribution in [0.15, 0.2) is 24.3 Å². The van der Waals surface area contributed by atoms with Gasteiger partial charge in [0.25, 0.3) is 0 Å². The zero-order valence-corrected chi connectivity index (χ0v) is 15.8. The third-order valence-electron chi connectivity index (χ3n) is 5.99. The highest BCUT2D eigenvalue weighted by Gasteiger charge is 2.28. The monoisotopic (exact) mass is 371 g/mol. The average Bonchev–Trinajstić information content (AvgIpc) is 2.65. The summed E-state index contributed by atoms with van der Waals surface area (Å²) in [5.74, 6) is -0.540. The van der Waals surface area contributed by atoms with Gasteiger partial charge in [-0.2, -0.15) is 0 Å². The number of anilines is 1. The number of carbonyl (C=O) groups excluding carboxylic acids is 2. The lowest BCUT2D eigenvalue weighted by Gasteiger charge is -2.40. The Hall–Kier alpha value is -1.96. The van der Waals surface area contributed by atoms with E-state index >= 15 is 0 Å². The maximum Gasteiger partial charge on any atom is 0.234 e. The Kier molecular flexibility index (Phi) is 5.43. The lowest BCUT2D eigenvalue weighted by Crippen LogP contribution is -2.58. The van der Waals surface area contributed by atoms with Crippen molar-refractivity contribution in [3.63, 3.8) is 0 Å². The van der Waals surface area contributed by atoms with Crippen molar-refractivity contribution < 1.29 is 9.59 Å². The number of carbonyl (C=O) groups is 2. The van der Waals surface area contributed by atoms with Crippen LogP contribution in [-0.2, 0) is 9.59 Å². The number of benzene rings is 1. The van der Waals surface area contributed by atoms with Gasteiger partial charge in [0.15, 0.2) is 0 Å². The molecular formula is C20H29N5O2. The minimum Gasteiger partial charge on any atom is -0.369 e. The fraction of sp³-hybridized carbons (Fsp3) is 0.600. The van der Waals surface area contributed by atoms with Crippen molar-refractivity contribution in [2.24, 2.45) is 5.73 Å². The van der Waals surface area contributed by atoms with Gasteiger partial charge in [-0.1, -0.05) is 12.1 Å². The molecule has 27 heavy (non-hydrogen) atoms. The molecule has 3 saturated heterocycles. The van der Waals surface area contributed by atoms with Gasteiger partial charge in [-0.05, 0) is 24.1 Å². The van der Waals surface area contributed by atoms with Crippen LogP contribution >= 0.6 is 0 Å². The summed E-state index contributed by atoms with van der Waals surface area (Å²) in [6, 6.07) is 8.67. The fourth-order valence-corrected chi connectivity index (χ4v) is 4.23. The molecule has 0 radical (unpaired) electrons. The third-order valence-corrected chi connectivity index (χ3v) is 5.99. The molecule has 3 heterocycles. The lowest BCUT2D eigenvalue weighted by atomic mass is 9.90. The van der Waals surface area contributed by atoms with E-state index in [4.69, 9.17) is 5.73 Å². The highest BCUT2D eigenvalue weighted by Crippen LogP contribution is 2.27. The molecule has 146 valence electrons. The molecule has 7 heteroatoms. The minimum absolute atomic E-state index is 0.164. The molecule has 3 aliphatic heterocycles. The molecule has 1 atom stereocenters. The van der Waals surface area contributed by atoms with Crippen molar-refractivity contribution in [1.82, 2.24) is 15.1 Å². The second-order valence-electron chi connectivity index (χ2n) is 7.94. The summed E-state index contributed by atoms with van der Waals surface area (Å²) in [6.07, 6.45) is 1.02. The predicted octanol–water partition coefficient (Wildman–Crippen LogP) is -0.0283. The van der Waals surface area contributed by atoms with Crippen LogP contribution in [0, 0.1) is 0 Å². The number of piperazine rings is 1. The molecule has 2 amide bonds. The van der Waals surface area contributed by atoms with Crippen LogP contribution in [0.3, 0.4) is 0 Å². The van der Waals surface area contributed by atoms with E-state index in [-0.39, 0.29) is 17.7 Å². The Morgan fingerprint density at radius 1 is 0.963 bits per heavy atom. The maximum absolute atomic E-state index is 12.0. The van der Waals surface area contributed by atoms with Gasteiger partial charge in [0.05, 0.1) is 5.92 Å². The molecule has 4 rings (SSSR count). The van der Waals surface area contributed by atoms with E-state index in [0.29, 0.717) is 18.9 Å². The number of rotatable bonds is 5. The van der Waals surface area contributed by atoms with Crippen molar-refractivity contribution in [2.75, 3.05) is 57.3 Å². The molecule has 3 fully saturated rings. The van der Waals surface area contributed by atoms with Crippen LogP contribution < -0.4 is 16.0 Å². The highest BCUT2D eigenvalue weighted by atomic mass is 16.2. The van der Waals surface area contributed by atoms with Crippen molar-refractivity contribution in [1.29, 1.82) is 0 Å². The average molecular weight is 371 g/mol. The van der Waals surface area contributed by atoms with Gasteiger partial charge in [-0.3, -0.25) is 24.7 Å². The van der Waals surface area contributed by atoms with Crippen molar-refractivity contribution in [2.45, 2.75) is 24.8 Å². The summed E-state index contributed by atoms with van der Waals surface area (Å²) in [4.78, 5) is 30.7. The quantitative estimate of drug-likeness (QED) is 0.708. The highest BCUT2D eigenvalue weighted by molar-refractivity contribution is 6.00. The first-order valence-corrected chi connectivity index (χ1v) is 9.97. The van der Waals surface area contributed by atoms with Gasteiger partial charge in [-0.15, -0.1) is 0 Å². The van der Waals surface area contributed by atoms with E-state index in [1.807, 2.05) is 12.1 Å². The topological polar surface area (TPSA) is 81.9 Å². The van der Waals surface area contributed by atoms with Gasteiger partial charge in [-0.25, -0.2) is 0 Å². The zero-order chi connectivity index (χ0) is 18.8. The molecule has 0 aliphatic carbocycles. The number of nitrogens with two attached hydrogens (primary N) is 1. The van der Waals surface area contributed by atoms with E-state index in [9.17, 15) is 9.59 Å². The number of nitrogens with one attached hydrogen (secondary N) is 1. The van der Waals surface area contributed by atoms with E-state index < -0.39 is 0 Å². The van der Waals surface area contributed by atoms with Crippen LogP contribution in [0.1, 0.15) is 24.3 Å². The smallest absolute Gasteiger partial charge is 0.234 e. The number of hydrogen-bond acceptors (Lipinski definition) is 6. The molecule has 0 aromatic heterocycles. The number of amides is 2. The summed E-state index contributed by atoms with van der Waals surface area (Å²) >= 11 is 0. The van der Waals surface area contributed by atoms with Crippen LogP contribution in [0.2, 0.25) is 0 Å². The molecule has 3 aliphatic rings. The van der Waals surface area contributed by atoms with E-state index in [2.05, 4.69) is 32.1 Å². The molecule has 7 nitrogen and oxygen atoms in total. The van der Waals surface area contributed by atoms with Gasteiger partial charge in [0, 0.05) is 70.5 Å². The normalized spacial score (nSPS) is 25.4. The summed E-state index contributed by atoms with van der Waals surface area (Å²) < 4.78 is 0. The van der Waals surface area contributed by atoms with Crippen LogP contribution in [0.25, 0.3) is 0 Å². The van der Waals surface area contributed by atoms with E-state index in [0.717, 1.165) is 57.9 Å². The molecule has 0 bridgehead atoms. The number of nitrogens with zero attached hydrogens (tertiary/aromatic N) is 3. The lowest BCUT2D eigenvalue weighted by molar-refractivity contribution is -0.134. The summed E-state index contributed by atoms with van der Waals surface area (Å²) in [7, 11) is 0. The maximum atomic E-state index is 12.0. The number of likely N-dealkylation sites (tertiary alicyclic amines) is 1. The van der Waals surface area contributed by atoms with Crippen LogP contribution in [-0.4, -0.2) is 80.0 Å². The van der Waals surface area contributed by atoms with Crippen LogP contribution in [0.4, 0.5) is 5.69 Å². The van der Waals surface area contributed by atoms with Crippen molar-refractivity contribution in [3.05, 3.63) is 29.8 Å². The minimum atomic E-state index is -0.205. The summed E-state index contributed by atoms with van der Waals surface area (Å²) in [6.45, 7) is 8.53. The first kappa shape index (κ1) is 18.4. The van der Waals surface area contributed by atoms with E-state index in [1.165, 1.54) is 5.69 Å².